The maximum Gasteiger partial charge on any atom is 0.102 e. The minimum Gasteiger partial charge on any atom is -0.501 e. The van der Waals surface area contributed by atoms with Crippen LogP contribution in [0, 0.1) is 5.92 Å². The highest BCUT2D eigenvalue weighted by Crippen LogP contribution is 2.31. The van der Waals surface area contributed by atoms with E-state index in [1.165, 1.54) is 0 Å². The van der Waals surface area contributed by atoms with E-state index in [0.29, 0.717) is 0 Å². The highest BCUT2D eigenvalue weighted by atomic mass is 35.5. The first-order chi connectivity index (χ1) is 7.33. The molecule has 0 unspecified atom stereocenters. The normalized spacial score (nSPS) is 17.0. The van der Waals surface area contributed by atoms with E-state index in [1.807, 2.05) is 0 Å². The number of methoxy groups -OCH3 is 2. The fourth-order valence-corrected chi connectivity index (χ4v) is 2.08. The van der Waals surface area contributed by atoms with Crippen molar-refractivity contribution in [1.29, 1.82) is 0 Å². The molecule has 0 saturated heterocycles. The first-order valence-corrected chi connectivity index (χ1v) is 5.91. The molecule has 1 aliphatic carbocycles. The molecule has 0 spiro atoms. The molecule has 15 heavy (non-hydrogen) atoms. The smallest absolute Gasteiger partial charge is 0.102 e. The summed E-state index contributed by atoms with van der Waals surface area (Å²) in [6.07, 6.45) is 8.34. The van der Waals surface area contributed by atoms with Crippen molar-refractivity contribution >= 4 is 11.6 Å². The number of rotatable bonds is 6. The van der Waals surface area contributed by atoms with Crippen molar-refractivity contribution < 1.29 is 9.47 Å². The van der Waals surface area contributed by atoms with Gasteiger partial charge in [0.1, 0.15) is 11.5 Å². The van der Waals surface area contributed by atoms with Gasteiger partial charge in [-0.05, 0) is 31.4 Å². The third-order valence-electron chi connectivity index (χ3n) is 2.67. The molecule has 0 N–H and O–H groups in total. The maximum absolute atomic E-state index is 5.67. The third-order valence-corrected chi connectivity index (χ3v) is 2.94. The highest BCUT2D eigenvalue weighted by Gasteiger charge is 2.22. The van der Waals surface area contributed by atoms with Crippen molar-refractivity contribution in [2.45, 2.75) is 25.7 Å². The monoisotopic (exact) mass is 230 g/mol. The minimum atomic E-state index is 0.289. The van der Waals surface area contributed by atoms with Crippen LogP contribution in [-0.4, -0.2) is 20.1 Å². The predicted molar refractivity (Wildman–Crippen MR) is 62.9 cm³/mol. The van der Waals surface area contributed by atoms with Gasteiger partial charge in [0.15, 0.2) is 0 Å². The summed E-state index contributed by atoms with van der Waals surface area (Å²) in [5.41, 5.74) is 0. The van der Waals surface area contributed by atoms with E-state index in [9.17, 15) is 0 Å². The van der Waals surface area contributed by atoms with Crippen LogP contribution in [0.5, 0.6) is 0 Å². The molecule has 0 fully saturated rings. The molecule has 0 aromatic carbocycles. The molecule has 0 atom stereocenters. The van der Waals surface area contributed by atoms with Crippen LogP contribution >= 0.6 is 11.6 Å². The summed E-state index contributed by atoms with van der Waals surface area (Å²) in [6, 6.07) is 0. The van der Waals surface area contributed by atoms with E-state index >= 15 is 0 Å². The standard InChI is InChI=1S/C12H19ClO2/c1-14-11-7-5-8-12(15-2)10(11)6-3-4-9-13/h7-8,10H,3-6,9H2,1-2H3. The number of alkyl halides is 1. The van der Waals surface area contributed by atoms with Crippen LogP contribution in [0.3, 0.4) is 0 Å². The van der Waals surface area contributed by atoms with Crippen molar-refractivity contribution in [3.8, 4) is 0 Å². The number of ether oxygens (including phenoxy) is 2. The Hall–Kier alpha value is -0.630. The Kier molecular flexibility index (Phi) is 5.62. The van der Waals surface area contributed by atoms with Gasteiger partial charge in [-0.2, -0.15) is 0 Å². The maximum atomic E-state index is 5.67. The van der Waals surface area contributed by atoms with Gasteiger partial charge in [0.05, 0.1) is 20.1 Å². The van der Waals surface area contributed by atoms with Gasteiger partial charge in [-0.25, -0.2) is 0 Å². The number of hydrogen-bond acceptors (Lipinski definition) is 2. The first kappa shape index (κ1) is 12.4. The highest BCUT2D eigenvalue weighted by molar-refractivity contribution is 6.17. The third kappa shape index (κ3) is 3.45. The van der Waals surface area contributed by atoms with Crippen molar-refractivity contribution in [2.75, 3.05) is 20.1 Å². The van der Waals surface area contributed by atoms with Gasteiger partial charge < -0.3 is 9.47 Å². The Balaban J connectivity index is 2.56. The van der Waals surface area contributed by atoms with Gasteiger partial charge in [0.25, 0.3) is 0 Å². The lowest BCUT2D eigenvalue weighted by atomic mass is 9.93. The summed E-state index contributed by atoms with van der Waals surface area (Å²) in [6.45, 7) is 0. The summed E-state index contributed by atoms with van der Waals surface area (Å²) in [5.74, 6) is 3.08. The molecule has 86 valence electrons. The van der Waals surface area contributed by atoms with Crippen molar-refractivity contribution in [3.05, 3.63) is 23.7 Å². The van der Waals surface area contributed by atoms with Gasteiger partial charge in [-0.1, -0.05) is 6.42 Å². The van der Waals surface area contributed by atoms with Gasteiger partial charge in [-0.15, -0.1) is 11.6 Å². The van der Waals surface area contributed by atoms with Gasteiger partial charge in [-0.3, -0.25) is 0 Å². The molecule has 0 bridgehead atoms. The van der Waals surface area contributed by atoms with Crippen LogP contribution in [0.2, 0.25) is 0 Å². The van der Waals surface area contributed by atoms with Crippen molar-refractivity contribution in [3.63, 3.8) is 0 Å². The van der Waals surface area contributed by atoms with Crippen LogP contribution in [-0.2, 0) is 9.47 Å². The molecule has 2 nitrogen and oxygen atoms in total. The molecule has 1 rings (SSSR count). The zero-order valence-corrected chi connectivity index (χ0v) is 10.2. The molecule has 0 aromatic rings. The molecule has 0 heterocycles. The quantitative estimate of drug-likeness (QED) is 0.514. The molecular weight excluding hydrogens is 212 g/mol. The molecule has 0 aliphatic heterocycles. The topological polar surface area (TPSA) is 18.5 Å². The fourth-order valence-electron chi connectivity index (χ4n) is 1.89. The van der Waals surface area contributed by atoms with E-state index in [1.54, 1.807) is 14.2 Å². The predicted octanol–water partition coefficient (Wildman–Crippen LogP) is 3.48. The minimum absolute atomic E-state index is 0.289. The molecule has 0 aromatic heterocycles. The second-order valence-corrected chi connectivity index (χ2v) is 3.97. The molecule has 0 saturated carbocycles. The van der Waals surface area contributed by atoms with Crippen LogP contribution in [0.4, 0.5) is 0 Å². The summed E-state index contributed by atoms with van der Waals surface area (Å²) < 4.78 is 10.7. The molecule has 0 radical (unpaired) electrons. The second kappa shape index (κ2) is 6.78. The molecular formula is C12H19ClO2. The Morgan fingerprint density at radius 2 is 1.80 bits per heavy atom. The molecule has 0 amide bonds. The van der Waals surface area contributed by atoms with Crippen LogP contribution < -0.4 is 0 Å². The fraction of sp³-hybridized carbons (Fsp3) is 0.667. The summed E-state index contributed by atoms with van der Waals surface area (Å²) >= 11 is 5.67. The van der Waals surface area contributed by atoms with E-state index in [0.717, 1.165) is 43.1 Å². The SMILES string of the molecule is COC1=CCC=C(OC)C1CCCCCl. The molecule has 1 aliphatic rings. The zero-order chi connectivity index (χ0) is 11.1. The average Bonchev–Trinajstić information content (AvgIpc) is 2.29. The summed E-state index contributed by atoms with van der Waals surface area (Å²) in [4.78, 5) is 0. The lowest BCUT2D eigenvalue weighted by molar-refractivity contribution is 0.182. The molecule has 3 heteroatoms. The lowest BCUT2D eigenvalue weighted by Gasteiger charge is -2.24. The number of halogens is 1. The van der Waals surface area contributed by atoms with E-state index in [2.05, 4.69) is 12.2 Å². The van der Waals surface area contributed by atoms with Gasteiger partial charge >= 0.3 is 0 Å². The number of allylic oxidation sites excluding steroid dienone is 2. The summed E-state index contributed by atoms with van der Waals surface area (Å²) in [7, 11) is 3.44. The number of unbranched alkanes of at least 4 members (excludes halogenated alkanes) is 1. The van der Waals surface area contributed by atoms with E-state index in [-0.39, 0.29) is 5.92 Å². The Morgan fingerprint density at radius 3 is 2.27 bits per heavy atom. The Morgan fingerprint density at radius 1 is 1.20 bits per heavy atom. The van der Waals surface area contributed by atoms with Gasteiger partial charge in [0, 0.05) is 5.88 Å². The van der Waals surface area contributed by atoms with Crippen LogP contribution in [0.1, 0.15) is 25.7 Å². The van der Waals surface area contributed by atoms with E-state index in [4.69, 9.17) is 21.1 Å². The summed E-state index contributed by atoms with van der Waals surface area (Å²) in [5, 5.41) is 0. The van der Waals surface area contributed by atoms with Gasteiger partial charge in [0.2, 0.25) is 0 Å². The van der Waals surface area contributed by atoms with Crippen molar-refractivity contribution in [2.24, 2.45) is 5.92 Å². The van der Waals surface area contributed by atoms with Crippen LogP contribution in [0.15, 0.2) is 23.7 Å². The Bertz CT molecular complexity index is 226. The first-order valence-electron chi connectivity index (χ1n) is 5.37. The zero-order valence-electron chi connectivity index (χ0n) is 9.46. The average molecular weight is 231 g/mol. The largest absolute Gasteiger partial charge is 0.501 e. The van der Waals surface area contributed by atoms with Crippen LogP contribution in [0.25, 0.3) is 0 Å². The lowest BCUT2D eigenvalue weighted by Crippen LogP contribution is -2.14. The van der Waals surface area contributed by atoms with Crippen molar-refractivity contribution in [1.82, 2.24) is 0 Å². The second-order valence-electron chi connectivity index (χ2n) is 3.59. The van der Waals surface area contributed by atoms with E-state index < -0.39 is 0 Å². The Labute approximate surface area is 96.9 Å². The number of hydrogen-bond donors (Lipinski definition) is 0.